The molecule has 2 aromatic heterocycles. The molecule has 18 nitrogen and oxygen atoms in total. The number of esters is 1. The van der Waals surface area contributed by atoms with Gasteiger partial charge >= 0.3 is 13.7 Å². The third-order valence-corrected chi connectivity index (χ3v) is 9.76. The van der Waals surface area contributed by atoms with Crippen molar-refractivity contribution >= 4 is 62.6 Å². The summed E-state index contributed by atoms with van der Waals surface area (Å²) < 4.78 is 63.6. The van der Waals surface area contributed by atoms with Gasteiger partial charge in [0.2, 0.25) is 16.0 Å². The first kappa shape index (κ1) is 38.9. The van der Waals surface area contributed by atoms with Crippen LogP contribution in [-0.2, 0) is 33.4 Å². The van der Waals surface area contributed by atoms with Crippen molar-refractivity contribution in [3.8, 4) is 5.75 Å². The third-order valence-electron chi connectivity index (χ3n) is 6.99. The van der Waals surface area contributed by atoms with Crippen molar-refractivity contribution in [2.75, 3.05) is 37.3 Å². The van der Waals surface area contributed by atoms with Crippen LogP contribution in [0.3, 0.4) is 0 Å². The minimum absolute atomic E-state index is 0.0629. The van der Waals surface area contributed by atoms with E-state index in [1.165, 1.54) is 17.9 Å². The number of carbonyl (C=O) groups is 1. The number of imidazole rings is 1. The zero-order chi connectivity index (χ0) is 36.4. The molecule has 0 aliphatic heterocycles. The van der Waals surface area contributed by atoms with Gasteiger partial charge in [-0.05, 0) is 64.3 Å². The lowest BCUT2D eigenvalue weighted by molar-refractivity contribution is -0.158. The Morgan fingerprint density at radius 1 is 1.24 bits per heavy atom. The maximum atomic E-state index is 14.3. The number of aromatic nitrogens is 4. The van der Waals surface area contributed by atoms with Gasteiger partial charge < -0.3 is 29.9 Å². The van der Waals surface area contributed by atoms with Gasteiger partial charge in [-0.3, -0.25) is 18.9 Å². The molecule has 6 N–H and O–H groups in total. The molecule has 1 fully saturated rings. The highest BCUT2D eigenvalue weighted by molar-refractivity contribution is 9.10. The summed E-state index contributed by atoms with van der Waals surface area (Å²) in [6.07, 6.45) is -0.506. The SMILES string of the molecule is CCC(OC(COP(=O)(NC1(C(=O)OC(C)(C)C)CC1)Oc1ccc(Br)cc1)[C@@H](O)CO)n1cnc2c(N(C)NS(C)(=O)=O)nc(N)nc21. The molecule has 1 aliphatic carbocycles. The molecule has 0 amide bonds. The summed E-state index contributed by atoms with van der Waals surface area (Å²) in [6, 6.07) is 6.43. The highest BCUT2D eigenvalue weighted by atomic mass is 79.9. The fourth-order valence-corrected chi connectivity index (χ4v) is 7.18. The number of fused-ring (bicyclic) bond motifs is 1. The maximum Gasteiger partial charge on any atom is 0.459 e. The molecule has 0 spiro atoms. The zero-order valence-electron chi connectivity index (χ0n) is 27.9. The van der Waals surface area contributed by atoms with Crippen molar-refractivity contribution in [3.63, 3.8) is 0 Å². The van der Waals surface area contributed by atoms with Gasteiger partial charge in [-0.15, -0.1) is 4.83 Å². The molecule has 1 saturated carbocycles. The van der Waals surface area contributed by atoms with Gasteiger partial charge in [0.05, 0.1) is 25.8 Å². The van der Waals surface area contributed by atoms with Gasteiger partial charge in [0, 0.05) is 11.5 Å². The molecule has 0 bridgehead atoms. The second kappa shape index (κ2) is 15.1. The second-order valence-corrected chi connectivity index (χ2v) is 16.8. The second-order valence-electron chi connectivity index (χ2n) is 12.5. The molecule has 4 atom stereocenters. The number of hydrazine groups is 1. The van der Waals surface area contributed by atoms with Crippen molar-refractivity contribution in [3.05, 3.63) is 35.1 Å². The molecule has 49 heavy (non-hydrogen) atoms. The van der Waals surface area contributed by atoms with Gasteiger partial charge in [-0.2, -0.15) is 15.1 Å². The van der Waals surface area contributed by atoms with E-state index >= 15 is 0 Å². The number of anilines is 2. The van der Waals surface area contributed by atoms with Crippen LogP contribution in [0.5, 0.6) is 5.75 Å². The first-order valence-corrected chi connectivity index (χ1v) is 19.4. The van der Waals surface area contributed by atoms with Gasteiger partial charge in [0.25, 0.3) is 0 Å². The predicted octanol–water partition coefficient (Wildman–Crippen LogP) is 2.39. The number of carbonyl (C=O) groups excluding carboxylic acids is 1. The molecule has 2 heterocycles. The number of hydrogen-bond acceptors (Lipinski definition) is 15. The lowest BCUT2D eigenvalue weighted by atomic mass is 10.2. The number of ether oxygens (including phenoxy) is 2. The van der Waals surface area contributed by atoms with E-state index in [-0.39, 0.29) is 35.1 Å². The summed E-state index contributed by atoms with van der Waals surface area (Å²) >= 11 is 3.34. The third kappa shape index (κ3) is 10.3. The summed E-state index contributed by atoms with van der Waals surface area (Å²) in [7, 11) is -6.65. The number of aliphatic hydroxyl groups excluding tert-OH is 2. The number of sulfonamides is 1. The molecule has 0 radical (unpaired) electrons. The highest BCUT2D eigenvalue weighted by Crippen LogP contribution is 2.52. The fraction of sp³-hybridized carbons (Fsp3) is 0.571. The van der Waals surface area contributed by atoms with Crippen molar-refractivity contribution in [1.82, 2.24) is 29.4 Å². The largest absolute Gasteiger partial charge is 0.459 e. The number of aliphatic hydroxyl groups is 2. The minimum Gasteiger partial charge on any atom is -0.459 e. The fourth-order valence-electron chi connectivity index (χ4n) is 4.59. The Balaban J connectivity index is 1.62. The summed E-state index contributed by atoms with van der Waals surface area (Å²) in [4.78, 5) is 28.1. The highest BCUT2D eigenvalue weighted by Gasteiger charge is 2.57. The molecular formula is C28H42BrN8O10PS. The van der Waals surface area contributed by atoms with E-state index < -0.39 is 66.5 Å². The van der Waals surface area contributed by atoms with E-state index in [4.69, 9.17) is 24.3 Å². The molecule has 3 unspecified atom stereocenters. The van der Waals surface area contributed by atoms with E-state index in [1.54, 1.807) is 52.0 Å². The molecule has 1 aliphatic rings. The molecule has 272 valence electrons. The molecule has 3 aromatic rings. The van der Waals surface area contributed by atoms with Crippen LogP contribution in [0.4, 0.5) is 11.8 Å². The topological polar surface area (TPSA) is 243 Å². The average Bonchev–Trinajstić information content (AvgIpc) is 3.66. The molecule has 4 rings (SSSR count). The molecule has 1 aromatic carbocycles. The van der Waals surface area contributed by atoms with Crippen molar-refractivity contribution in [2.24, 2.45) is 0 Å². The van der Waals surface area contributed by atoms with Crippen LogP contribution in [0.2, 0.25) is 0 Å². The van der Waals surface area contributed by atoms with Gasteiger partial charge in [-0.25, -0.2) is 18.0 Å². The quantitative estimate of drug-likeness (QED) is 0.0749. The maximum absolute atomic E-state index is 14.3. The van der Waals surface area contributed by atoms with Gasteiger partial charge in [0.1, 0.15) is 35.3 Å². The van der Waals surface area contributed by atoms with Crippen LogP contribution in [-0.4, -0.2) is 94.0 Å². The van der Waals surface area contributed by atoms with Crippen molar-refractivity contribution < 1.29 is 46.5 Å². The number of hydrogen-bond donors (Lipinski definition) is 5. The summed E-state index contributed by atoms with van der Waals surface area (Å²) in [5.74, 6) is -0.582. The molecule has 0 saturated heterocycles. The standard InChI is InChI=1S/C28H42BrN8O10PS/c1-7-21(37-16-31-22-23(32-26(30)33-24(22)37)36(5)35-49(6,42)43)45-20(19(39)14-38)15-44-48(41,47-18-10-8-17(29)9-11-18)34-28(12-13-28)25(40)46-27(2,3)4/h8-11,16,19-21,35,38-39H,7,12-15H2,1-6H3,(H,34,41)(H2,30,32,33)/t19-,20?,21?,48?/m0/s1. The number of nitrogens with zero attached hydrogens (tertiary/aromatic N) is 5. The number of nitrogens with two attached hydrogens (primary N) is 1. The lowest BCUT2D eigenvalue weighted by Crippen LogP contribution is -2.44. The first-order valence-electron chi connectivity index (χ1n) is 15.2. The predicted molar refractivity (Wildman–Crippen MR) is 183 cm³/mol. The Bertz CT molecular complexity index is 1790. The lowest BCUT2D eigenvalue weighted by Gasteiger charge is -2.31. The van der Waals surface area contributed by atoms with Crippen LogP contribution in [0.1, 0.15) is 53.2 Å². The zero-order valence-corrected chi connectivity index (χ0v) is 31.2. The van der Waals surface area contributed by atoms with Gasteiger partial charge in [0.15, 0.2) is 17.0 Å². The van der Waals surface area contributed by atoms with E-state index in [0.29, 0.717) is 12.8 Å². The Morgan fingerprint density at radius 2 is 1.90 bits per heavy atom. The summed E-state index contributed by atoms with van der Waals surface area (Å²) in [6.45, 7) is 5.60. The van der Waals surface area contributed by atoms with Crippen LogP contribution in [0, 0.1) is 0 Å². The minimum atomic E-state index is -4.39. The normalized spacial score (nSPS) is 17.6. The Morgan fingerprint density at radius 3 is 2.45 bits per heavy atom. The monoisotopic (exact) mass is 792 g/mol. The van der Waals surface area contributed by atoms with Gasteiger partial charge in [-0.1, -0.05) is 22.9 Å². The summed E-state index contributed by atoms with van der Waals surface area (Å²) in [5.41, 5.74) is 4.17. The smallest absolute Gasteiger partial charge is 0.459 e. The summed E-state index contributed by atoms with van der Waals surface area (Å²) in [5, 5.41) is 24.6. The van der Waals surface area contributed by atoms with Crippen molar-refractivity contribution in [2.45, 2.75) is 76.5 Å². The molecule has 21 heteroatoms. The average molecular weight is 794 g/mol. The van der Waals surface area contributed by atoms with E-state index in [9.17, 15) is 28.0 Å². The Labute approximate surface area is 292 Å². The Hall–Kier alpha value is -2.94. The number of benzene rings is 1. The first-order chi connectivity index (χ1) is 22.8. The molecular weight excluding hydrogens is 751 g/mol. The van der Waals surface area contributed by atoms with Crippen LogP contribution in [0.15, 0.2) is 35.1 Å². The number of nitrogen functional groups attached to an aromatic ring is 1. The Kier molecular flexibility index (Phi) is 12.0. The van der Waals surface area contributed by atoms with E-state index in [0.717, 1.165) is 15.7 Å². The van der Waals surface area contributed by atoms with Crippen LogP contribution >= 0.6 is 23.7 Å². The van der Waals surface area contributed by atoms with E-state index in [2.05, 4.69) is 40.8 Å². The number of rotatable bonds is 17. The number of nitrogens with one attached hydrogen (secondary N) is 2. The van der Waals surface area contributed by atoms with E-state index in [1.807, 2.05) is 0 Å². The van der Waals surface area contributed by atoms with Crippen LogP contribution < -0.4 is 25.2 Å². The van der Waals surface area contributed by atoms with Crippen LogP contribution in [0.25, 0.3) is 11.2 Å². The van der Waals surface area contributed by atoms with Crippen molar-refractivity contribution in [1.29, 1.82) is 0 Å². The number of halogens is 1.